The molecule has 3 N–H and O–H groups in total. The van der Waals surface area contributed by atoms with E-state index < -0.39 is 0 Å². The van der Waals surface area contributed by atoms with Crippen LogP contribution in [-0.4, -0.2) is 31.3 Å². The number of rotatable bonds is 16. The van der Waals surface area contributed by atoms with Gasteiger partial charge in [-0.15, -0.1) is 0 Å². The van der Waals surface area contributed by atoms with E-state index in [1.807, 2.05) is 0 Å². The standard InChI is InChI=1S/C37H68N2O/c1-7-37(38,8-2)23-25-39-24-11-12-26-40-31-19-21-36(6)30(27-31)15-17-32-33-18-16-29(14-10-9-13-28(3)4)35(33,5)22-20-34(32)36/h15,28-29,31-34,39H,7-14,16-27,38H2,1-6H3. The third-order valence-corrected chi connectivity index (χ3v) is 13.1. The van der Waals surface area contributed by atoms with Crippen molar-refractivity contribution in [3.05, 3.63) is 11.6 Å². The predicted octanol–water partition coefficient (Wildman–Crippen LogP) is 9.44. The first-order chi connectivity index (χ1) is 19.1. The molecule has 0 amide bonds. The number of nitrogens with two attached hydrogens (primary N) is 1. The minimum absolute atomic E-state index is 0.0170. The molecular formula is C37H68N2O. The van der Waals surface area contributed by atoms with Gasteiger partial charge in [-0.25, -0.2) is 0 Å². The smallest absolute Gasteiger partial charge is 0.0612 e. The Hall–Kier alpha value is -0.380. The molecule has 4 rings (SSSR count). The maximum atomic E-state index is 6.48. The van der Waals surface area contributed by atoms with Crippen LogP contribution in [0.4, 0.5) is 0 Å². The van der Waals surface area contributed by atoms with Crippen molar-refractivity contribution < 1.29 is 4.74 Å². The van der Waals surface area contributed by atoms with Crippen molar-refractivity contribution in [1.82, 2.24) is 5.32 Å². The molecule has 0 aromatic carbocycles. The highest BCUT2D eigenvalue weighted by atomic mass is 16.5. The lowest BCUT2D eigenvalue weighted by atomic mass is 9.47. The largest absolute Gasteiger partial charge is 0.378 e. The molecule has 4 aliphatic rings. The van der Waals surface area contributed by atoms with Crippen LogP contribution in [0.25, 0.3) is 0 Å². The Morgan fingerprint density at radius 3 is 2.52 bits per heavy atom. The van der Waals surface area contributed by atoms with Gasteiger partial charge < -0.3 is 15.8 Å². The van der Waals surface area contributed by atoms with Crippen LogP contribution in [-0.2, 0) is 4.74 Å². The molecule has 0 bridgehead atoms. The zero-order chi connectivity index (χ0) is 28.8. The second-order valence-electron chi connectivity index (χ2n) is 15.8. The monoisotopic (exact) mass is 557 g/mol. The van der Waals surface area contributed by atoms with Gasteiger partial charge in [0.05, 0.1) is 6.10 Å². The van der Waals surface area contributed by atoms with E-state index in [-0.39, 0.29) is 5.54 Å². The van der Waals surface area contributed by atoms with Crippen LogP contribution < -0.4 is 11.1 Å². The highest BCUT2D eigenvalue weighted by Gasteiger charge is 2.58. The van der Waals surface area contributed by atoms with Crippen LogP contribution in [0.2, 0.25) is 0 Å². The number of nitrogens with one attached hydrogen (secondary N) is 1. The summed E-state index contributed by atoms with van der Waals surface area (Å²) in [5.74, 6) is 4.69. The maximum absolute atomic E-state index is 6.48. The Morgan fingerprint density at radius 2 is 1.77 bits per heavy atom. The third-order valence-electron chi connectivity index (χ3n) is 13.1. The van der Waals surface area contributed by atoms with E-state index in [1.54, 1.807) is 5.57 Å². The fourth-order valence-corrected chi connectivity index (χ4v) is 9.96. The Labute approximate surface area is 249 Å². The molecule has 3 nitrogen and oxygen atoms in total. The van der Waals surface area contributed by atoms with Crippen molar-refractivity contribution in [1.29, 1.82) is 0 Å². The van der Waals surface area contributed by atoms with Gasteiger partial charge in [0.1, 0.15) is 0 Å². The lowest BCUT2D eigenvalue weighted by Gasteiger charge is -2.58. The molecule has 40 heavy (non-hydrogen) atoms. The summed E-state index contributed by atoms with van der Waals surface area (Å²) in [5.41, 5.74) is 9.28. The maximum Gasteiger partial charge on any atom is 0.0612 e. The van der Waals surface area contributed by atoms with E-state index in [4.69, 9.17) is 10.5 Å². The van der Waals surface area contributed by atoms with Gasteiger partial charge in [-0.1, -0.05) is 72.5 Å². The van der Waals surface area contributed by atoms with Crippen molar-refractivity contribution in [2.75, 3.05) is 19.7 Å². The second kappa shape index (κ2) is 14.4. The Kier molecular flexibility index (Phi) is 11.7. The molecule has 7 atom stereocenters. The summed E-state index contributed by atoms with van der Waals surface area (Å²) >= 11 is 0. The van der Waals surface area contributed by atoms with Gasteiger partial charge in [-0.05, 0) is 143 Å². The van der Waals surface area contributed by atoms with Crippen LogP contribution in [0.3, 0.4) is 0 Å². The van der Waals surface area contributed by atoms with Gasteiger partial charge in [0.2, 0.25) is 0 Å². The van der Waals surface area contributed by atoms with E-state index in [9.17, 15) is 0 Å². The van der Waals surface area contributed by atoms with Crippen molar-refractivity contribution in [2.45, 2.75) is 162 Å². The van der Waals surface area contributed by atoms with Gasteiger partial charge >= 0.3 is 0 Å². The topological polar surface area (TPSA) is 47.3 Å². The van der Waals surface area contributed by atoms with Crippen molar-refractivity contribution in [2.24, 2.45) is 46.2 Å². The number of ether oxygens (including phenoxy) is 1. The average molecular weight is 557 g/mol. The quantitative estimate of drug-likeness (QED) is 0.147. The molecule has 232 valence electrons. The van der Waals surface area contributed by atoms with Crippen LogP contribution in [0.15, 0.2) is 11.6 Å². The van der Waals surface area contributed by atoms with E-state index >= 15 is 0 Å². The molecule has 0 spiro atoms. The highest BCUT2D eigenvalue weighted by Crippen LogP contribution is 2.66. The van der Waals surface area contributed by atoms with Crippen LogP contribution in [0.5, 0.6) is 0 Å². The minimum atomic E-state index is 0.0170. The molecule has 3 fully saturated rings. The van der Waals surface area contributed by atoms with Gasteiger partial charge in [-0.2, -0.15) is 0 Å². The van der Waals surface area contributed by atoms with Crippen molar-refractivity contribution >= 4 is 0 Å². The summed E-state index contributed by atoms with van der Waals surface area (Å²) in [6.45, 7) is 17.6. The van der Waals surface area contributed by atoms with E-state index in [0.29, 0.717) is 16.9 Å². The first-order valence-electron chi connectivity index (χ1n) is 18.0. The molecule has 0 aromatic heterocycles. The van der Waals surface area contributed by atoms with Gasteiger partial charge in [-0.3, -0.25) is 0 Å². The fourth-order valence-electron chi connectivity index (χ4n) is 9.96. The number of allylic oxidation sites excluding steroid dienone is 1. The first-order valence-corrected chi connectivity index (χ1v) is 18.0. The Morgan fingerprint density at radius 1 is 0.975 bits per heavy atom. The zero-order valence-electron chi connectivity index (χ0n) is 27.7. The van der Waals surface area contributed by atoms with E-state index in [1.165, 1.54) is 89.9 Å². The van der Waals surface area contributed by atoms with Gasteiger partial charge in [0.25, 0.3) is 0 Å². The van der Waals surface area contributed by atoms with Gasteiger partial charge in [0.15, 0.2) is 0 Å². The van der Waals surface area contributed by atoms with Crippen LogP contribution in [0.1, 0.15) is 151 Å². The van der Waals surface area contributed by atoms with Crippen LogP contribution in [0, 0.1) is 40.4 Å². The molecule has 7 unspecified atom stereocenters. The van der Waals surface area contributed by atoms with E-state index in [0.717, 1.165) is 68.5 Å². The molecule has 3 heteroatoms. The molecule has 3 saturated carbocycles. The summed E-state index contributed by atoms with van der Waals surface area (Å²) in [7, 11) is 0. The molecule has 0 saturated heterocycles. The van der Waals surface area contributed by atoms with E-state index in [2.05, 4.69) is 52.9 Å². The number of unbranched alkanes of at least 4 members (excludes halogenated alkanes) is 2. The summed E-state index contributed by atoms with van der Waals surface area (Å²) < 4.78 is 6.48. The summed E-state index contributed by atoms with van der Waals surface area (Å²) in [5, 5.41) is 3.61. The first kappa shape index (κ1) is 32.5. The second-order valence-corrected chi connectivity index (χ2v) is 15.8. The number of hydrogen-bond donors (Lipinski definition) is 2. The summed E-state index contributed by atoms with van der Waals surface area (Å²) in [6.07, 6.45) is 25.7. The highest BCUT2D eigenvalue weighted by molar-refractivity contribution is 5.25. The molecule has 0 aliphatic heterocycles. The molecule has 0 aromatic rings. The lowest BCUT2D eigenvalue weighted by Crippen LogP contribution is -2.50. The van der Waals surface area contributed by atoms with Crippen LogP contribution >= 0.6 is 0 Å². The normalized spacial score (nSPS) is 35.8. The van der Waals surface area contributed by atoms with Gasteiger partial charge in [0, 0.05) is 12.1 Å². The Balaban J connectivity index is 1.20. The van der Waals surface area contributed by atoms with Crippen molar-refractivity contribution in [3.8, 4) is 0 Å². The summed E-state index contributed by atoms with van der Waals surface area (Å²) in [6, 6.07) is 0. The zero-order valence-corrected chi connectivity index (χ0v) is 27.7. The molecule has 0 radical (unpaired) electrons. The summed E-state index contributed by atoms with van der Waals surface area (Å²) in [4.78, 5) is 0. The predicted molar refractivity (Wildman–Crippen MR) is 172 cm³/mol. The van der Waals surface area contributed by atoms with Crippen molar-refractivity contribution in [3.63, 3.8) is 0 Å². The minimum Gasteiger partial charge on any atom is -0.378 e. The molecule has 0 heterocycles. The SMILES string of the molecule is CCC(N)(CC)CCNCCCCOC1CCC2(C)C(=CCC3C2CCC2(C)C(CCCCC(C)C)CCC32)C1. The average Bonchev–Trinajstić information content (AvgIpc) is 3.28. The lowest BCUT2D eigenvalue weighted by molar-refractivity contribution is -0.0589. The molecular weight excluding hydrogens is 488 g/mol. The number of hydrogen-bond acceptors (Lipinski definition) is 3. The number of fused-ring (bicyclic) bond motifs is 5. The fraction of sp³-hybridized carbons (Fsp3) is 0.946. The Bertz CT molecular complexity index is 802. The third kappa shape index (κ3) is 7.39. The molecule has 4 aliphatic carbocycles.